The molecule has 4 heterocycles. The maximum atomic E-state index is 14.0. The molecule has 2 saturated heterocycles. The van der Waals surface area contributed by atoms with Crippen LogP contribution in [0.1, 0.15) is 35.6 Å². The average Bonchev–Trinajstić information content (AvgIpc) is 3.40. The largest absolute Gasteiger partial charge is 0.504 e. The van der Waals surface area contributed by atoms with E-state index in [-0.39, 0.29) is 34.7 Å². The Morgan fingerprint density at radius 1 is 1.05 bits per heavy atom. The fourth-order valence-electron chi connectivity index (χ4n) is 5.73. The molecule has 0 bridgehead atoms. The molecule has 0 saturated carbocycles. The lowest BCUT2D eigenvalue weighted by atomic mass is 9.83. The molecule has 40 heavy (non-hydrogen) atoms. The summed E-state index contributed by atoms with van der Waals surface area (Å²) in [6, 6.07) is 11.3. The first-order valence-electron chi connectivity index (χ1n) is 13.0. The molecule has 3 aliphatic heterocycles. The lowest BCUT2D eigenvalue weighted by Gasteiger charge is -2.31. The van der Waals surface area contributed by atoms with Crippen LogP contribution >= 0.6 is 34.7 Å². The number of phenolic OH excluding ortho intramolecular Hbond substituents is 1. The fourth-order valence-corrected chi connectivity index (χ4v) is 8.62. The van der Waals surface area contributed by atoms with E-state index in [1.807, 2.05) is 0 Å². The Morgan fingerprint density at radius 2 is 1.77 bits per heavy atom. The predicted octanol–water partition coefficient (Wildman–Crippen LogP) is 4.09. The van der Waals surface area contributed by atoms with Crippen molar-refractivity contribution < 1.29 is 24.2 Å². The monoisotopic (exact) mass is 599 g/mol. The summed E-state index contributed by atoms with van der Waals surface area (Å²) < 4.78 is 6.78. The van der Waals surface area contributed by atoms with E-state index in [2.05, 4.69) is 0 Å². The van der Waals surface area contributed by atoms with Gasteiger partial charge in [0.2, 0.25) is 17.7 Å². The molecule has 2 fully saturated rings. The summed E-state index contributed by atoms with van der Waals surface area (Å²) >= 11 is 8.21. The van der Waals surface area contributed by atoms with Crippen LogP contribution in [0.2, 0.25) is 5.02 Å². The summed E-state index contributed by atoms with van der Waals surface area (Å²) in [4.78, 5) is 57.5. The van der Waals surface area contributed by atoms with E-state index in [0.717, 1.165) is 30.6 Å². The molecule has 0 radical (unpaired) electrons. The molecule has 3 amide bonds. The number of methoxy groups -OCH3 is 1. The number of fused-ring (bicyclic) bond motifs is 2. The zero-order valence-corrected chi connectivity index (χ0v) is 23.9. The first-order valence-corrected chi connectivity index (χ1v) is 15.0. The topological polar surface area (TPSA) is 109 Å². The number of carbonyl (C=O) groups excluding carboxylic acids is 3. The SMILES string of the molecule is COc1cc([C@@H]2c3sc(=O)n(CC(=O)N4CCCCC4)c3SC3C(=O)N(c4ccc(Cl)cc4)C(=O)C32)ccc1O. The van der Waals surface area contributed by atoms with Crippen molar-refractivity contribution >= 4 is 58.1 Å². The second-order valence-electron chi connectivity index (χ2n) is 10.0. The predicted molar refractivity (Wildman–Crippen MR) is 153 cm³/mol. The zero-order valence-electron chi connectivity index (χ0n) is 21.5. The molecule has 1 aromatic heterocycles. The maximum absolute atomic E-state index is 14.0. The summed E-state index contributed by atoms with van der Waals surface area (Å²) in [5.41, 5.74) is 1.04. The molecule has 3 atom stereocenters. The number of imide groups is 1. The molecule has 9 nitrogen and oxygen atoms in total. The van der Waals surface area contributed by atoms with Gasteiger partial charge in [-0.05, 0) is 61.2 Å². The number of likely N-dealkylation sites (tertiary alicyclic amines) is 1. The normalized spacial score (nSPS) is 22.3. The minimum atomic E-state index is -0.814. The van der Waals surface area contributed by atoms with Crippen molar-refractivity contribution in [2.75, 3.05) is 25.1 Å². The number of benzene rings is 2. The molecule has 2 unspecified atom stereocenters. The number of hydrogen-bond donors (Lipinski definition) is 1. The average molecular weight is 600 g/mol. The van der Waals surface area contributed by atoms with Gasteiger partial charge in [0.15, 0.2) is 11.5 Å². The third-order valence-corrected chi connectivity index (χ3v) is 10.6. The Kier molecular flexibility index (Phi) is 7.14. The third kappa shape index (κ3) is 4.49. The van der Waals surface area contributed by atoms with Crippen molar-refractivity contribution in [1.29, 1.82) is 0 Å². The number of amides is 3. The molecule has 12 heteroatoms. The maximum Gasteiger partial charge on any atom is 0.308 e. The molecule has 208 valence electrons. The van der Waals surface area contributed by atoms with Crippen molar-refractivity contribution in [1.82, 2.24) is 9.47 Å². The Bertz CT molecular complexity index is 1560. The van der Waals surface area contributed by atoms with Gasteiger partial charge in [0.25, 0.3) is 0 Å². The Balaban J connectivity index is 1.46. The smallest absolute Gasteiger partial charge is 0.308 e. The van der Waals surface area contributed by atoms with Crippen LogP contribution in [-0.2, 0) is 20.9 Å². The number of nitrogens with zero attached hydrogens (tertiary/aromatic N) is 3. The van der Waals surface area contributed by atoms with Crippen LogP contribution in [-0.4, -0.2) is 57.7 Å². The number of piperidine rings is 1. The molecule has 6 rings (SSSR count). The number of rotatable bonds is 5. The van der Waals surface area contributed by atoms with E-state index >= 15 is 0 Å². The van der Waals surface area contributed by atoms with E-state index < -0.39 is 23.0 Å². The fraction of sp³-hybridized carbons (Fsp3) is 0.357. The van der Waals surface area contributed by atoms with Gasteiger partial charge in [-0.2, -0.15) is 0 Å². The molecule has 0 spiro atoms. The number of ether oxygens (including phenoxy) is 1. The first-order chi connectivity index (χ1) is 19.3. The van der Waals surface area contributed by atoms with Gasteiger partial charge in [0.05, 0.1) is 23.7 Å². The van der Waals surface area contributed by atoms with Crippen LogP contribution in [0.15, 0.2) is 52.3 Å². The lowest BCUT2D eigenvalue weighted by Crippen LogP contribution is -2.39. The first kappa shape index (κ1) is 26.9. The van der Waals surface area contributed by atoms with Gasteiger partial charge in [0, 0.05) is 28.9 Å². The number of hydrogen-bond acceptors (Lipinski definition) is 8. The van der Waals surface area contributed by atoms with E-state index in [1.54, 1.807) is 41.3 Å². The standard InChI is InChI=1S/C28H26ClN3O6S2/c1-38-19-13-15(5-10-18(19)33)21-22-23(26(36)32(25(22)35)17-8-6-16(29)7-9-17)39-27-24(21)40-28(37)31(27)14-20(34)30-11-3-2-4-12-30/h5-10,13,21-23,33H,2-4,11-12,14H2,1H3/t21-,22?,23?/m0/s1. The second-order valence-corrected chi connectivity index (χ2v) is 12.6. The van der Waals surface area contributed by atoms with Crippen LogP contribution in [0.25, 0.3) is 0 Å². The van der Waals surface area contributed by atoms with Crippen molar-refractivity contribution in [3.63, 3.8) is 0 Å². The highest BCUT2D eigenvalue weighted by molar-refractivity contribution is 8.00. The molecule has 2 aromatic carbocycles. The van der Waals surface area contributed by atoms with E-state index in [9.17, 15) is 24.3 Å². The van der Waals surface area contributed by atoms with E-state index in [0.29, 0.717) is 39.3 Å². The minimum absolute atomic E-state index is 0.0669. The molecule has 0 aliphatic carbocycles. The van der Waals surface area contributed by atoms with Crippen LogP contribution in [0.5, 0.6) is 11.5 Å². The summed E-state index contributed by atoms with van der Waals surface area (Å²) in [5, 5.41) is 10.4. The van der Waals surface area contributed by atoms with Gasteiger partial charge in [-0.1, -0.05) is 40.8 Å². The highest BCUT2D eigenvalue weighted by atomic mass is 35.5. The van der Waals surface area contributed by atoms with Crippen LogP contribution in [0.4, 0.5) is 5.69 Å². The Hall–Kier alpha value is -3.28. The van der Waals surface area contributed by atoms with Crippen molar-refractivity contribution in [3.05, 3.63) is 67.6 Å². The van der Waals surface area contributed by atoms with Gasteiger partial charge < -0.3 is 14.7 Å². The van der Waals surface area contributed by atoms with Crippen molar-refractivity contribution in [2.24, 2.45) is 5.92 Å². The van der Waals surface area contributed by atoms with E-state index in [1.165, 1.54) is 34.4 Å². The third-order valence-electron chi connectivity index (χ3n) is 7.70. The van der Waals surface area contributed by atoms with Crippen LogP contribution in [0.3, 0.4) is 0 Å². The van der Waals surface area contributed by atoms with Gasteiger partial charge in [-0.3, -0.25) is 23.7 Å². The Labute approximate surface area is 243 Å². The number of thiazole rings is 1. The molecule has 3 aromatic rings. The lowest BCUT2D eigenvalue weighted by molar-refractivity contribution is -0.133. The van der Waals surface area contributed by atoms with E-state index in [4.69, 9.17) is 16.3 Å². The van der Waals surface area contributed by atoms with Crippen molar-refractivity contribution in [2.45, 2.75) is 42.0 Å². The quantitative estimate of drug-likeness (QED) is 0.440. The molecular weight excluding hydrogens is 574 g/mol. The van der Waals surface area contributed by atoms with Crippen molar-refractivity contribution in [3.8, 4) is 11.5 Å². The molecule has 3 aliphatic rings. The summed E-state index contributed by atoms with van der Waals surface area (Å²) in [6.45, 7) is 1.21. The van der Waals surface area contributed by atoms with Crippen LogP contribution < -0.4 is 14.5 Å². The number of anilines is 1. The number of aromatic nitrogens is 1. The highest BCUT2D eigenvalue weighted by Gasteiger charge is 2.57. The molecule has 1 N–H and O–H groups in total. The van der Waals surface area contributed by atoms with Gasteiger partial charge >= 0.3 is 4.87 Å². The number of phenols is 1. The zero-order chi connectivity index (χ0) is 28.1. The number of thioether (sulfide) groups is 1. The van der Waals surface area contributed by atoms with Gasteiger partial charge in [-0.15, -0.1) is 0 Å². The summed E-state index contributed by atoms with van der Waals surface area (Å²) in [5.74, 6) is -2.23. The van der Waals surface area contributed by atoms with Crippen LogP contribution in [0, 0.1) is 5.92 Å². The summed E-state index contributed by atoms with van der Waals surface area (Å²) in [7, 11) is 1.43. The molecular formula is C28H26ClN3O6S2. The minimum Gasteiger partial charge on any atom is -0.504 e. The van der Waals surface area contributed by atoms with Gasteiger partial charge in [0.1, 0.15) is 11.8 Å². The highest BCUT2D eigenvalue weighted by Crippen LogP contribution is 2.54. The van der Waals surface area contributed by atoms with Gasteiger partial charge in [-0.25, -0.2) is 4.90 Å². The number of halogens is 1. The Morgan fingerprint density at radius 3 is 2.48 bits per heavy atom. The number of aromatic hydroxyl groups is 1. The second kappa shape index (κ2) is 10.6. The number of carbonyl (C=O) groups is 3. The summed E-state index contributed by atoms with van der Waals surface area (Å²) in [6.07, 6.45) is 2.94.